The fourth-order valence-electron chi connectivity index (χ4n) is 2.19. The molecule has 2 aromatic rings. The number of hydrogen-bond acceptors (Lipinski definition) is 3. The zero-order valence-corrected chi connectivity index (χ0v) is 12.8. The van der Waals surface area contributed by atoms with Crippen molar-refractivity contribution in [2.75, 3.05) is 0 Å². The largest absolute Gasteiger partial charge is 0.305 e. The Balaban J connectivity index is 1.98. The van der Waals surface area contributed by atoms with Crippen molar-refractivity contribution in [1.82, 2.24) is 10.3 Å². The maximum Gasteiger partial charge on any atom is 0.0897 e. The molecule has 0 fully saturated rings. The summed E-state index contributed by atoms with van der Waals surface area (Å²) in [5, 5.41) is 4.76. The summed E-state index contributed by atoms with van der Waals surface area (Å²) in [6, 6.07) is 9.39. The van der Waals surface area contributed by atoms with Crippen molar-refractivity contribution < 1.29 is 0 Å². The Morgan fingerprint density at radius 1 is 1.21 bits per heavy atom. The summed E-state index contributed by atoms with van der Waals surface area (Å²) in [5.74, 6) is 0. The Hall–Kier alpha value is -1.19. The van der Waals surface area contributed by atoms with E-state index in [4.69, 9.17) is 0 Å². The van der Waals surface area contributed by atoms with Crippen molar-refractivity contribution in [3.8, 4) is 0 Å². The number of aryl methyl sites for hydroxylation is 2. The molecular formula is C16H22N2S. The molecule has 0 saturated carbocycles. The third-order valence-electron chi connectivity index (χ3n) is 3.39. The Morgan fingerprint density at radius 3 is 2.47 bits per heavy atom. The number of aromatic nitrogens is 1. The number of nitrogens with one attached hydrogen (secondary N) is 1. The third-order valence-corrected chi connectivity index (χ3v) is 4.30. The van der Waals surface area contributed by atoms with Crippen LogP contribution >= 0.6 is 11.3 Å². The first-order valence-corrected chi connectivity index (χ1v) is 7.78. The third kappa shape index (κ3) is 3.88. The van der Waals surface area contributed by atoms with Gasteiger partial charge in [0.15, 0.2) is 0 Å². The van der Waals surface area contributed by atoms with Crippen LogP contribution in [0.5, 0.6) is 0 Å². The molecule has 0 amide bonds. The van der Waals surface area contributed by atoms with Gasteiger partial charge in [0.05, 0.1) is 5.01 Å². The van der Waals surface area contributed by atoms with Crippen molar-refractivity contribution in [2.24, 2.45) is 0 Å². The smallest absolute Gasteiger partial charge is 0.0897 e. The Morgan fingerprint density at radius 2 is 1.95 bits per heavy atom. The second-order valence-electron chi connectivity index (χ2n) is 4.78. The van der Waals surface area contributed by atoms with E-state index < -0.39 is 0 Å². The highest BCUT2D eigenvalue weighted by molar-refractivity contribution is 7.11. The Kier molecular flexibility index (Phi) is 5.11. The molecular weight excluding hydrogens is 252 g/mol. The van der Waals surface area contributed by atoms with Crippen molar-refractivity contribution in [3.05, 3.63) is 51.5 Å². The van der Waals surface area contributed by atoms with E-state index in [1.807, 2.05) is 6.20 Å². The average molecular weight is 274 g/mol. The predicted octanol–water partition coefficient (Wildman–Crippen LogP) is 4.25. The van der Waals surface area contributed by atoms with E-state index in [2.05, 4.69) is 55.3 Å². The monoisotopic (exact) mass is 274 g/mol. The molecule has 3 heteroatoms. The van der Waals surface area contributed by atoms with Gasteiger partial charge in [-0.2, -0.15) is 0 Å². The second kappa shape index (κ2) is 6.83. The first kappa shape index (κ1) is 14.2. The molecule has 19 heavy (non-hydrogen) atoms. The normalized spacial score (nSPS) is 12.6. The molecule has 102 valence electrons. The van der Waals surface area contributed by atoms with Crippen LogP contribution in [-0.4, -0.2) is 4.98 Å². The molecule has 0 spiro atoms. The van der Waals surface area contributed by atoms with Crippen LogP contribution in [0.2, 0.25) is 0 Å². The summed E-state index contributed by atoms with van der Waals surface area (Å²) in [6.07, 6.45) is 4.17. The molecule has 2 rings (SSSR count). The lowest BCUT2D eigenvalue weighted by molar-refractivity contribution is 0.521. The van der Waals surface area contributed by atoms with Crippen LogP contribution in [0.3, 0.4) is 0 Å². The molecule has 1 aromatic carbocycles. The summed E-state index contributed by atoms with van der Waals surface area (Å²) in [5.41, 5.74) is 2.78. The molecule has 0 saturated heterocycles. The van der Waals surface area contributed by atoms with Crippen molar-refractivity contribution >= 4 is 11.3 Å². The van der Waals surface area contributed by atoms with E-state index in [9.17, 15) is 0 Å². The summed E-state index contributed by atoms with van der Waals surface area (Å²) in [7, 11) is 0. The highest BCUT2D eigenvalue weighted by atomic mass is 32.1. The molecule has 0 bridgehead atoms. The van der Waals surface area contributed by atoms with Gasteiger partial charge in [-0.15, -0.1) is 11.3 Å². The number of benzene rings is 1. The van der Waals surface area contributed by atoms with Gasteiger partial charge < -0.3 is 5.32 Å². The summed E-state index contributed by atoms with van der Waals surface area (Å²) >= 11 is 1.77. The van der Waals surface area contributed by atoms with E-state index in [0.29, 0.717) is 6.04 Å². The summed E-state index contributed by atoms with van der Waals surface area (Å²) < 4.78 is 0. The minimum absolute atomic E-state index is 0.424. The van der Waals surface area contributed by atoms with Crippen LogP contribution < -0.4 is 5.32 Å². The van der Waals surface area contributed by atoms with Crippen molar-refractivity contribution in [3.63, 3.8) is 0 Å². The minimum Gasteiger partial charge on any atom is -0.305 e. The Labute approximate surface area is 119 Å². The van der Waals surface area contributed by atoms with Gasteiger partial charge in [-0.3, -0.25) is 0 Å². The number of hydrogen-bond donors (Lipinski definition) is 1. The van der Waals surface area contributed by atoms with Gasteiger partial charge in [-0.05, 0) is 30.9 Å². The van der Waals surface area contributed by atoms with Crippen LogP contribution in [0.1, 0.15) is 47.3 Å². The fraction of sp³-hybridized carbons (Fsp3) is 0.438. The topological polar surface area (TPSA) is 24.9 Å². The molecule has 1 unspecified atom stereocenters. The average Bonchev–Trinajstić information content (AvgIpc) is 2.86. The number of nitrogens with zero attached hydrogens (tertiary/aromatic N) is 1. The summed E-state index contributed by atoms with van der Waals surface area (Å²) in [4.78, 5) is 5.60. The highest BCUT2D eigenvalue weighted by Gasteiger charge is 2.09. The molecule has 1 N–H and O–H groups in total. The zero-order valence-electron chi connectivity index (χ0n) is 11.9. The lowest BCUT2D eigenvalue weighted by atomic mass is 10.0. The fourth-order valence-corrected chi connectivity index (χ4v) is 2.94. The van der Waals surface area contributed by atoms with Gasteiger partial charge in [-0.25, -0.2) is 4.98 Å². The van der Waals surface area contributed by atoms with Gasteiger partial charge in [0, 0.05) is 23.7 Å². The van der Waals surface area contributed by atoms with E-state index in [-0.39, 0.29) is 0 Å². The predicted molar refractivity (Wildman–Crippen MR) is 82.5 cm³/mol. The SMILES string of the molecule is CCc1ccc(C(CC)NCc2cnc(C)s2)cc1. The molecule has 0 aliphatic rings. The second-order valence-corrected chi connectivity index (χ2v) is 6.10. The van der Waals surface area contributed by atoms with Gasteiger partial charge in [0.1, 0.15) is 0 Å². The molecule has 1 aromatic heterocycles. The molecule has 0 radical (unpaired) electrons. The van der Waals surface area contributed by atoms with E-state index in [0.717, 1.165) is 24.4 Å². The molecule has 1 atom stereocenters. The first-order valence-electron chi connectivity index (χ1n) is 6.96. The van der Waals surface area contributed by atoms with Crippen molar-refractivity contribution in [2.45, 2.75) is 46.2 Å². The van der Waals surface area contributed by atoms with Gasteiger partial charge in [-0.1, -0.05) is 38.1 Å². The lowest BCUT2D eigenvalue weighted by Gasteiger charge is -2.17. The van der Waals surface area contributed by atoms with Crippen LogP contribution in [0, 0.1) is 6.92 Å². The van der Waals surface area contributed by atoms with E-state index in [1.165, 1.54) is 16.0 Å². The van der Waals surface area contributed by atoms with Crippen LogP contribution in [0.25, 0.3) is 0 Å². The van der Waals surface area contributed by atoms with Crippen LogP contribution in [0.15, 0.2) is 30.5 Å². The number of rotatable bonds is 6. The molecule has 0 aliphatic heterocycles. The maximum atomic E-state index is 4.29. The lowest BCUT2D eigenvalue weighted by Crippen LogP contribution is -2.19. The van der Waals surface area contributed by atoms with E-state index >= 15 is 0 Å². The minimum atomic E-state index is 0.424. The standard InChI is InChI=1S/C16H22N2S/c1-4-13-6-8-14(9-7-13)16(5-2)18-11-15-10-17-12(3)19-15/h6-10,16,18H,4-5,11H2,1-3H3. The first-order chi connectivity index (χ1) is 9.22. The van der Waals surface area contributed by atoms with Gasteiger partial charge in [0.2, 0.25) is 0 Å². The van der Waals surface area contributed by atoms with E-state index in [1.54, 1.807) is 11.3 Å². The van der Waals surface area contributed by atoms with Gasteiger partial charge in [0.25, 0.3) is 0 Å². The summed E-state index contributed by atoms with van der Waals surface area (Å²) in [6.45, 7) is 7.37. The number of thiazole rings is 1. The molecule has 0 aliphatic carbocycles. The Bertz CT molecular complexity index is 502. The highest BCUT2D eigenvalue weighted by Crippen LogP contribution is 2.19. The zero-order chi connectivity index (χ0) is 13.7. The van der Waals surface area contributed by atoms with Crippen molar-refractivity contribution in [1.29, 1.82) is 0 Å². The molecule has 1 heterocycles. The maximum absolute atomic E-state index is 4.29. The quantitative estimate of drug-likeness (QED) is 0.851. The van der Waals surface area contributed by atoms with Crippen LogP contribution in [0.4, 0.5) is 0 Å². The van der Waals surface area contributed by atoms with Crippen LogP contribution in [-0.2, 0) is 13.0 Å². The molecule has 2 nitrogen and oxygen atoms in total. The van der Waals surface area contributed by atoms with Gasteiger partial charge >= 0.3 is 0 Å².